The second-order valence-corrected chi connectivity index (χ2v) is 4.98. The van der Waals surface area contributed by atoms with Crippen LogP contribution in [-0.4, -0.2) is 0 Å². The van der Waals surface area contributed by atoms with Crippen LogP contribution < -0.4 is 9.13 Å². The summed E-state index contributed by atoms with van der Waals surface area (Å²) >= 11 is 0. The zero-order valence-corrected chi connectivity index (χ0v) is 12.1. The van der Waals surface area contributed by atoms with Gasteiger partial charge in [-0.2, -0.15) is 9.13 Å². The minimum absolute atomic E-state index is 0.00408. The highest BCUT2D eigenvalue weighted by atomic mass is 16.5. The normalized spacial score (nSPS) is 14.1. The predicted octanol–water partition coefficient (Wildman–Crippen LogP) is 2.63. The van der Waals surface area contributed by atoms with Crippen LogP contribution in [0.4, 0.5) is 0 Å². The van der Waals surface area contributed by atoms with E-state index in [9.17, 15) is 0 Å². The third-order valence-electron chi connectivity index (χ3n) is 3.27. The van der Waals surface area contributed by atoms with Gasteiger partial charge in [0.2, 0.25) is 0 Å². The van der Waals surface area contributed by atoms with E-state index in [1.807, 2.05) is 24.8 Å². The number of rotatable bonds is 4. The minimum atomic E-state index is 0.00408. The second kappa shape index (κ2) is 5.93. The standard InChI is InChI=1S/C16H22N2O/c1-13-5-9-17(10-6-13)15(3)19-16(4)18-11-7-14(2)8-12-18/h5-12,15-16H,1-4H3/q+2. The van der Waals surface area contributed by atoms with Crippen molar-refractivity contribution in [2.24, 2.45) is 0 Å². The Hall–Kier alpha value is -1.74. The van der Waals surface area contributed by atoms with Gasteiger partial charge in [-0.3, -0.25) is 4.74 Å². The molecular formula is C16H22N2O+2. The SMILES string of the molecule is Cc1cc[n+](C(C)OC(C)[n+]2ccc(C)cc2)cc1. The molecule has 2 aromatic rings. The molecule has 2 unspecified atom stereocenters. The maximum Gasteiger partial charge on any atom is 0.264 e. The number of aromatic nitrogens is 2. The Morgan fingerprint density at radius 1 is 0.737 bits per heavy atom. The number of pyridine rings is 2. The van der Waals surface area contributed by atoms with E-state index in [1.54, 1.807) is 0 Å². The highest BCUT2D eigenvalue weighted by molar-refractivity contribution is 5.03. The third kappa shape index (κ3) is 3.61. The van der Waals surface area contributed by atoms with Crippen molar-refractivity contribution in [3.05, 3.63) is 60.2 Å². The Kier molecular flexibility index (Phi) is 4.27. The lowest BCUT2D eigenvalue weighted by Crippen LogP contribution is -2.45. The molecule has 3 nitrogen and oxygen atoms in total. The number of hydrogen-bond donors (Lipinski definition) is 0. The Balaban J connectivity index is 2.03. The molecule has 0 saturated heterocycles. The number of nitrogens with zero attached hydrogens (tertiary/aromatic N) is 2. The van der Waals surface area contributed by atoms with Crippen LogP contribution in [-0.2, 0) is 4.74 Å². The van der Waals surface area contributed by atoms with Crippen molar-refractivity contribution in [1.29, 1.82) is 0 Å². The van der Waals surface area contributed by atoms with Gasteiger partial charge in [0, 0.05) is 38.1 Å². The van der Waals surface area contributed by atoms with E-state index in [0.29, 0.717) is 0 Å². The first-order chi connectivity index (χ1) is 9.06. The first-order valence-corrected chi connectivity index (χ1v) is 6.66. The van der Waals surface area contributed by atoms with E-state index < -0.39 is 0 Å². The molecule has 0 aliphatic carbocycles. The maximum atomic E-state index is 6.03. The number of hydrogen-bond acceptors (Lipinski definition) is 1. The summed E-state index contributed by atoms with van der Waals surface area (Å²) in [5.74, 6) is 0. The van der Waals surface area contributed by atoms with Gasteiger partial charge >= 0.3 is 0 Å². The second-order valence-electron chi connectivity index (χ2n) is 4.98. The van der Waals surface area contributed by atoms with Crippen LogP contribution in [0.2, 0.25) is 0 Å². The summed E-state index contributed by atoms with van der Waals surface area (Å²) in [7, 11) is 0. The minimum Gasteiger partial charge on any atom is -0.257 e. The third-order valence-corrected chi connectivity index (χ3v) is 3.27. The molecule has 0 N–H and O–H groups in total. The van der Waals surface area contributed by atoms with Gasteiger partial charge in [-0.25, -0.2) is 0 Å². The molecule has 0 aliphatic rings. The highest BCUT2D eigenvalue weighted by Gasteiger charge is 2.21. The lowest BCUT2D eigenvalue weighted by Gasteiger charge is -2.12. The van der Waals surface area contributed by atoms with E-state index in [-0.39, 0.29) is 12.5 Å². The summed E-state index contributed by atoms with van der Waals surface area (Å²) in [5, 5.41) is 0. The fourth-order valence-corrected chi connectivity index (χ4v) is 1.94. The monoisotopic (exact) mass is 258 g/mol. The molecule has 2 aromatic heterocycles. The van der Waals surface area contributed by atoms with Crippen molar-refractivity contribution in [2.45, 2.75) is 40.2 Å². The predicted molar refractivity (Wildman–Crippen MR) is 73.3 cm³/mol. The molecule has 0 fully saturated rings. The zero-order chi connectivity index (χ0) is 13.8. The Bertz CT molecular complexity index is 470. The van der Waals surface area contributed by atoms with Gasteiger partial charge < -0.3 is 0 Å². The van der Waals surface area contributed by atoms with E-state index in [4.69, 9.17) is 4.74 Å². The molecule has 0 saturated carbocycles. The van der Waals surface area contributed by atoms with Crippen LogP contribution in [0, 0.1) is 13.8 Å². The van der Waals surface area contributed by atoms with Crippen molar-refractivity contribution in [3.8, 4) is 0 Å². The molecule has 2 atom stereocenters. The molecule has 19 heavy (non-hydrogen) atoms. The van der Waals surface area contributed by atoms with Crippen molar-refractivity contribution in [3.63, 3.8) is 0 Å². The number of aryl methyl sites for hydroxylation is 2. The highest BCUT2D eigenvalue weighted by Crippen LogP contribution is 2.07. The summed E-state index contributed by atoms with van der Waals surface area (Å²) in [4.78, 5) is 0. The number of ether oxygens (including phenoxy) is 1. The van der Waals surface area contributed by atoms with Crippen molar-refractivity contribution >= 4 is 0 Å². The van der Waals surface area contributed by atoms with Gasteiger partial charge in [0.25, 0.3) is 12.5 Å². The summed E-state index contributed by atoms with van der Waals surface area (Å²) in [6.07, 6.45) is 8.20. The lowest BCUT2D eigenvalue weighted by atomic mass is 10.3. The van der Waals surface area contributed by atoms with Gasteiger partial charge in [-0.05, 0) is 25.0 Å². The average molecular weight is 258 g/mol. The molecule has 2 heterocycles. The van der Waals surface area contributed by atoms with Gasteiger partial charge in [-0.1, -0.05) is 0 Å². The fourth-order valence-electron chi connectivity index (χ4n) is 1.94. The Labute approximate surface area is 115 Å². The fraction of sp³-hybridized carbons (Fsp3) is 0.375. The molecule has 3 heteroatoms. The average Bonchev–Trinajstić information content (AvgIpc) is 2.40. The van der Waals surface area contributed by atoms with Crippen LogP contribution in [0.3, 0.4) is 0 Å². The van der Waals surface area contributed by atoms with Crippen LogP contribution in [0.15, 0.2) is 49.1 Å². The van der Waals surface area contributed by atoms with Crippen molar-refractivity contribution in [2.75, 3.05) is 0 Å². The quantitative estimate of drug-likeness (QED) is 0.770. The van der Waals surface area contributed by atoms with E-state index >= 15 is 0 Å². The molecule has 0 aromatic carbocycles. The molecule has 0 radical (unpaired) electrons. The first kappa shape index (κ1) is 13.7. The summed E-state index contributed by atoms with van der Waals surface area (Å²) < 4.78 is 10.2. The molecular weight excluding hydrogens is 236 g/mol. The van der Waals surface area contributed by atoms with Crippen molar-refractivity contribution < 1.29 is 13.9 Å². The van der Waals surface area contributed by atoms with Crippen LogP contribution in [0.5, 0.6) is 0 Å². The smallest absolute Gasteiger partial charge is 0.257 e. The summed E-state index contributed by atoms with van der Waals surface area (Å²) in [6, 6.07) is 8.35. The van der Waals surface area contributed by atoms with E-state index in [1.165, 1.54) is 11.1 Å². The molecule has 2 rings (SSSR count). The molecule has 100 valence electrons. The molecule has 0 bridgehead atoms. The van der Waals surface area contributed by atoms with E-state index in [2.05, 4.69) is 61.1 Å². The van der Waals surface area contributed by atoms with Crippen LogP contribution in [0.1, 0.15) is 37.4 Å². The van der Waals surface area contributed by atoms with Gasteiger partial charge in [0.15, 0.2) is 24.8 Å². The zero-order valence-electron chi connectivity index (χ0n) is 12.1. The van der Waals surface area contributed by atoms with E-state index in [0.717, 1.165) is 0 Å². The van der Waals surface area contributed by atoms with Crippen LogP contribution in [0.25, 0.3) is 0 Å². The summed E-state index contributed by atoms with van der Waals surface area (Å²) in [5.41, 5.74) is 2.51. The van der Waals surface area contributed by atoms with Gasteiger partial charge in [-0.15, -0.1) is 0 Å². The largest absolute Gasteiger partial charge is 0.264 e. The maximum absolute atomic E-state index is 6.03. The molecule has 0 aliphatic heterocycles. The summed E-state index contributed by atoms with van der Waals surface area (Å²) in [6.45, 7) is 8.28. The van der Waals surface area contributed by atoms with Gasteiger partial charge in [0.05, 0.1) is 0 Å². The molecule has 0 amide bonds. The Morgan fingerprint density at radius 3 is 1.37 bits per heavy atom. The molecule has 0 spiro atoms. The van der Waals surface area contributed by atoms with Crippen LogP contribution >= 0.6 is 0 Å². The van der Waals surface area contributed by atoms with Gasteiger partial charge in [0.1, 0.15) is 0 Å². The first-order valence-electron chi connectivity index (χ1n) is 6.66. The topological polar surface area (TPSA) is 17.0 Å². The lowest BCUT2D eigenvalue weighted by molar-refractivity contribution is -0.820. The van der Waals surface area contributed by atoms with Crippen molar-refractivity contribution in [1.82, 2.24) is 0 Å². The Morgan fingerprint density at radius 2 is 1.05 bits per heavy atom.